The zero-order valence-corrected chi connectivity index (χ0v) is 12.9. The van der Waals surface area contributed by atoms with Gasteiger partial charge in [0.2, 0.25) is 5.91 Å². The molecule has 118 valence electrons. The summed E-state index contributed by atoms with van der Waals surface area (Å²) < 4.78 is 0. The summed E-state index contributed by atoms with van der Waals surface area (Å²) >= 11 is 0. The lowest BCUT2D eigenvalue weighted by molar-refractivity contribution is -0.134. The number of nitrogens with zero attached hydrogens (tertiary/aromatic N) is 1. The molecule has 1 aromatic carbocycles. The van der Waals surface area contributed by atoms with E-state index < -0.39 is 11.6 Å². The zero-order chi connectivity index (χ0) is 16.2. The average molecular weight is 303 g/mol. The second-order valence-electron chi connectivity index (χ2n) is 5.59. The molecule has 0 bridgehead atoms. The van der Waals surface area contributed by atoms with E-state index in [1.54, 1.807) is 13.8 Å². The lowest BCUT2D eigenvalue weighted by Crippen LogP contribution is -2.45. The molecule has 1 aromatic rings. The fourth-order valence-corrected chi connectivity index (χ4v) is 2.50. The third-order valence-corrected chi connectivity index (χ3v) is 3.78. The van der Waals surface area contributed by atoms with Crippen LogP contribution < -0.4 is 10.6 Å². The largest absolute Gasteiger partial charge is 0.355 e. The van der Waals surface area contributed by atoms with Gasteiger partial charge in [-0.05, 0) is 32.3 Å². The molecule has 6 nitrogen and oxygen atoms in total. The SMILES string of the molecule is CCNC(=O)CN1C(=O)NC(C)(CCc2ccccc2)C1=O. The van der Waals surface area contributed by atoms with Gasteiger partial charge in [0, 0.05) is 6.54 Å². The quantitative estimate of drug-likeness (QED) is 0.772. The lowest BCUT2D eigenvalue weighted by atomic mass is 9.93. The molecule has 22 heavy (non-hydrogen) atoms. The van der Waals surface area contributed by atoms with Gasteiger partial charge in [0.15, 0.2) is 0 Å². The molecule has 2 rings (SSSR count). The minimum atomic E-state index is -0.959. The highest BCUT2D eigenvalue weighted by atomic mass is 16.2. The van der Waals surface area contributed by atoms with Gasteiger partial charge in [0.1, 0.15) is 12.1 Å². The number of nitrogens with one attached hydrogen (secondary N) is 2. The monoisotopic (exact) mass is 303 g/mol. The lowest BCUT2D eigenvalue weighted by Gasteiger charge is -2.21. The molecule has 4 amide bonds. The van der Waals surface area contributed by atoms with Crippen molar-refractivity contribution in [2.45, 2.75) is 32.2 Å². The van der Waals surface area contributed by atoms with Crippen molar-refractivity contribution in [1.82, 2.24) is 15.5 Å². The minimum absolute atomic E-state index is 0.237. The summed E-state index contributed by atoms with van der Waals surface area (Å²) in [6, 6.07) is 9.27. The number of rotatable bonds is 6. The number of imide groups is 1. The van der Waals surface area contributed by atoms with Crippen molar-refractivity contribution in [2.24, 2.45) is 0 Å². The Hall–Kier alpha value is -2.37. The first kappa shape index (κ1) is 16.0. The molecule has 0 aliphatic carbocycles. The van der Waals surface area contributed by atoms with E-state index in [1.165, 1.54) is 0 Å². The van der Waals surface area contributed by atoms with Crippen molar-refractivity contribution < 1.29 is 14.4 Å². The van der Waals surface area contributed by atoms with Gasteiger partial charge in [-0.2, -0.15) is 0 Å². The molecular weight excluding hydrogens is 282 g/mol. The van der Waals surface area contributed by atoms with Crippen LogP contribution in [-0.2, 0) is 16.0 Å². The Morgan fingerprint density at radius 3 is 2.59 bits per heavy atom. The van der Waals surface area contributed by atoms with Crippen LogP contribution in [-0.4, -0.2) is 41.4 Å². The van der Waals surface area contributed by atoms with Gasteiger partial charge in [-0.3, -0.25) is 14.5 Å². The van der Waals surface area contributed by atoms with Crippen molar-refractivity contribution in [2.75, 3.05) is 13.1 Å². The van der Waals surface area contributed by atoms with Gasteiger partial charge in [-0.1, -0.05) is 30.3 Å². The highest BCUT2D eigenvalue weighted by molar-refractivity contribution is 6.08. The van der Waals surface area contributed by atoms with Crippen LogP contribution in [0.15, 0.2) is 30.3 Å². The first-order chi connectivity index (χ1) is 10.5. The number of carbonyl (C=O) groups excluding carboxylic acids is 3. The predicted molar refractivity (Wildman–Crippen MR) is 82.1 cm³/mol. The van der Waals surface area contributed by atoms with Crippen LogP contribution in [0.4, 0.5) is 4.79 Å². The summed E-state index contributed by atoms with van der Waals surface area (Å²) in [6.07, 6.45) is 1.17. The summed E-state index contributed by atoms with van der Waals surface area (Å²) in [5, 5.41) is 5.29. The van der Waals surface area contributed by atoms with Crippen LogP contribution in [0.25, 0.3) is 0 Å². The van der Waals surface area contributed by atoms with Gasteiger partial charge in [-0.25, -0.2) is 4.79 Å². The molecule has 1 aliphatic heterocycles. The van der Waals surface area contributed by atoms with Gasteiger partial charge in [0.05, 0.1) is 0 Å². The minimum Gasteiger partial charge on any atom is -0.355 e. The van der Waals surface area contributed by atoms with Crippen molar-refractivity contribution in [3.05, 3.63) is 35.9 Å². The summed E-state index contributed by atoms with van der Waals surface area (Å²) in [5.41, 5.74) is 0.146. The predicted octanol–water partition coefficient (Wildman–Crippen LogP) is 1.07. The van der Waals surface area contributed by atoms with Crippen LogP contribution in [0.5, 0.6) is 0 Å². The van der Waals surface area contributed by atoms with E-state index in [4.69, 9.17) is 0 Å². The molecule has 2 N–H and O–H groups in total. The molecule has 1 saturated heterocycles. The first-order valence-corrected chi connectivity index (χ1v) is 7.41. The van der Waals surface area contributed by atoms with Crippen LogP contribution in [0, 0.1) is 0 Å². The highest BCUT2D eigenvalue weighted by Crippen LogP contribution is 2.23. The number of benzene rings is 1. The Morgan fingerprint density at radius 1 is 1.27 bits per heavy atom. The third kappa shape index (κ3) is 3.44. The molecule has 1 atom stereocenters. The maximum Gasteiger partial charge on any atom is 0.325 e. The van der Waals surface area contributed by atoms with Gasteiger partial charge < -0.3 is 10.6 Å². The smallest absolute Gasteiger partial charge is 0.325 e. The number of carbonyl (C=O) groups is 3. The van der Waals surface area contributed by atoms with E-state index in [9.17, 15) is 14.4 Å². The third-order valence-electron chi connectivity index (χ3n) is 3.78. The summed E-state index contributed by atoms with van der Waals surface area (Å²) in [6.45, 7) is 3.72. The van der Waals surface area contributed by atoms with E-state index in [2.05, 4.69) is 10.6 Å². The Balaban J connectivity index is 2.01. The number of likely N-dealkylation sites (N-methyl/N-ethyl adjacent to an activating group) is 1. The molecule has 1 heterocycles. The van der Waals surface area contributed by atoms with Crippen LogP contribution in [0.3, 0.4) is 0 Å². The molecule has 1 fully saturated rings. The molecule has 6 heteroatoms. The zero-order valence-electron chi connectivity index (χ0n) is 12.9. The Labute approximate surface area is 129 Å². The van der Waals surface area contributed by atoms with Crippen LogP contribution in [0.1, 0.15) is 25.8 Å². The van der Waals surface area contributed by atoms with E-state index >= 15 is 0 Å². The van der Waals surface area contributed by atoms with Gasteiger partial charge in [-0.15, -0.1) is 0 Å². The number of urea groups is 1. The van der Waals surface area contributed by atoms with E-state index in [-0.39, 0.29) is 18.4 Å². The second-order valence-corrected chi connectivity index (χ2v) is 5.59. The molecule has 0 radical (unpaired) electrons. The molecule has 0 aromatic heterocycles. The Morgan fingerprint density at radius 2 is 1.95 bits per heavy atom. The maximum absolute atomic E-state index is 12.5. The highest BCUT2D eigenvalue weighted by Gasteiger charge is 2.47. The number of hydrogen-bond donors (Lipinski definition) is 2. The van der Waals surface area contributed by atoms with E-state index in [0.29, 0.717) is 19.4 Å². The molecular formula is C16H21N3O3. The Kier molecular flexibility index (Phi) is 4.80. The van der Waals surface area contributed by atoms with Crippen molar-refractivity contribution in [1.29, 1.82) is 0 Å². The van der Waals surface area contributed by atoms with E-state index in [1.807, 2.05) is 30.3 Å². The van der Waals surface area contributed by atoms with Gasteiger partial charge in [0.25, 0.3) is 5.91 Å². The van der Waals surface area contributed by atoms with Crippen molar-refractivity contribution in [3.8, 4) is 0 Å². The van der Waals surface area contributed by atoms with E-state index in [0.717, 1.165) is 10.5 Å². The molecule has 1 aliphatic rings. The first-order valence-electron chi connectivity index (χ1n) is 7.41. The number of hydrogen-bond acceptors (Lipinski definition) is 3. The summed E-state index contributed by atoms with van der Waals surface area (Å²) in [5.74, 6) is -0.682. The topological polar surface area (TPSA) is 78.5 Å². The van der Waals surface area contributed by atoms with Crippen molar-refractivity contribution in [3.63, 3.8) is 0 Å². The summed E-state index contributed by atoms with van der Waals surface area (Å²) in [4.78, 5) is 37.0. The standard InChI is InChI=1S/C16H21N3O3/c1-3-17-13(20)11-19-14(21)16(2,18-15(19)22)10-9-12-7-5-4-6-8-12/h4-8H,3,9-11H2,1-2H3,(H,17,20)(H,18,22). The van der Waals surface area contributed by atoms with Crippen molar-refractivity contribution >= 4 is 17.8 Å². The Bertz CT molecular complexity index is 573. The van der Waals surface area contributed by atoms with Crippen LogP contribution >= 0.6 is 0 Å². The number of amides is 4. The fourth-order valence-electron chi connectivity index (χ4n) is 2.50. The van der Waals surface area contributed by atoms with Crippen LogP contribution in [0.2, 0.25) is 0 Å². The normalized spacial score (nSPS) is 20.9. The maximum atomic E-state index is 12.5. The second kappa shape index (κ2) is 6.60. The number of aryl methyl sites for hydroxylation is 1. The summed E-state index contributed by atoms with van der Waals surface area (Å²) in [7, 11) is 0. The molecule has 1 unspecified atom stereocenters. The van der Waals surface area contributed by atoms with Gasteiger partial charge >= 0.3 is 6.03 Å². The fraction of sp³-hybridized carbons (Fsp3) is 0.438. The average Bonchev–Trinajstić information content (AvgIpc) is 2.71. The molecule has 0 spiro atoms. The molecule has 0 saturated carbocycles.